The van der Waals surface area contributed by atoms with Gasteiger partial charge in [-0.3, -0.25) is 9.48 Å². The van der Waals surface area contributed by atoms with Crippen molar-refractivity contribution >= 4 is 22.7 Å². The quantitative estimate of drug-likeness (QED) is 0.189. The molecule has 0 saturated carbocycles. The number of nitrogens with zero attached hydrogens (tertiary/aromatic N) is 6. The van der Waals surface area contributed by atoms with Crippen LogP contribution in [0.4, 0.5) is 5.82 Å². The number of fused-ring (bicyclic) bond motifs is 1. The fraction of sp³-hybridized carbons (Fsp3) is 0.389. The molecular weight excluding hydrogens is 564 g/mol. The number of pyridine rings is 1. The zero-order valence-electron chi connectivity index (χ0n) is 26.7. The number of hydrogen-bond acceptors (Lipinski definition) is 6. The lowest BCUT2D eigenvalue weighted by molar-refractivity contribution is -0.150. The molecule has 3 aromatic heterocycles. The molecule has 4 heterocycles. The molecular formula is C36H42N6O3. The summed E-state index contributed by atoms with van der Waals surface area (Å²) < 4.78 is 3.82. The Morgan fingerprint density at radius 2 is 1.71 bits per heavy atom. The smallest absolute Gasteiger partial charge is 0.309 e. The van der Waals surface area contributed by atoms with E-state index in [0.717, 1.165) is 50.6 Å². The van der Waals surface area contributed by atoms with E-state index in [-0.39, 0.29) is 5.92 Å². The average Bonchev–Trinajstić information content (AvgIpc) is 3.61. The highest BCUT2D eigenvalue weighted by atomic mass is 16.4. The molecule has 234 valence electrons. The van der Waals surface area contributed by atoms with E-state index in [1.165, 1.54) is 5.56 Å². The summed E-state index contributed by atoms with van der Waals surface area (Å²) in [7, 11) is 0. The van der Waals surface area contributed by atoms with Gasteiger partial charge in [0.1, 0.15) is 5.82 Å². The lowest BCUT2D eigenvalue weighted by Crippen LogP contribution is -2.44. The molecule has 0 unspecified atom stereocenters. The number of aryl methyl sites for hydroxylation is 1. The van der Waals surface area contributed by atoms with E-state index in [1.807, 2.05) is 77.9 Å². The van der Waals surface area contributed by atoms with Crippen LogP contribution in [0, 0.1) is 19.3 Å². The van der Waals surface area contributed by atoms with Crippen LogP contribution in [0.2, 0.25) is 0 Å². The second-order valence-electron chi connectivity index (χ2n) is 12.6. The van der Waals surface area contributed by atoms with Crippen LogP contribution in [-0.2, 0) is 11.3 Å². The number of carboxylic acids is 1. The Kier molecular flexibility index (Phi) is 8.22. The first-order valence-electron chi connectivity index (χ1n) is 15.9. The standard InChI is InChI=1S/C36H42N6O3/c1-6-36(35(44)45)17-19-40(20-18-36)32-16-15-30(24(4)37-32)42-25(5)33(23(2)3)34(39-42)27-13-10-14-29-28(27)21-41(38-29)22-31(43)26-11-8-7-9-12-26/h7-16,21,23,31,43H,6,17-20,22H2,1-5H3,(H,44,45)/t31-/m0/s1. The second kappa shape index (κ2) is 12.1. The summed E-state index contributed by atoms with van der Waals surface area (Å²) in [5.74, 6) is 0.408. The summed E-state index contributed by atoms with van der Waals surface area (Å²) in [4.78, 5) is 19.1. The Morgan fingerprint density at radius 1 is 0.978 bits per heavy atom. The minimum absolute atomic E-state index is 0.230. The summed E-state index contributed by atoms with van der Waals surface area (Å²) >= 11 is 0. The Balaban J connectivity index is 1.32. The first kappa shape index (κ1) is 30.5. The molecule has 2 aromatic carbocycles. The molecule has 0 aliphatic carbocycles. The van der Waals surface area contributed by atoms with Gasteiger partial charge in [-0.05, 0) is 62.8 Å². The van der Waals surface area contributed by atoms with Gasteiger partial charge in [-0.15, -0.1) is 0 Å². The third-order valence-electron chi connectivity index (χ3n) is 9.58. The van der Waals surface area contributed by atoms with E-state index >= 15 is 0 Å². The molecule has 1 aliphatic rings. The Hall–Kier alpha value is -4.50. The molecule has 0 spiro atoms. The van der Waals surface area contributed by atoms with Crippen LogP contribution in [0.15, 0.2) is 66.9 Å². The normalized spacial score (nSPS) is 15.6. The number of aliphatic carboxylic acids is 1. The predicted molar refractivity (Wildman–Crippen MR) is 177 cm³/mol. The largest absolute Gasteiger partial charge is 0.481 e. The summed E-state index contributed by atoms with van der Waals surface area (Å²) in [6.45, 7) is 12.2. The number of carboxylic acid groups (broad SMARTS) is 1. The molecule has 1 atom stereocenters. The summed E-state index contributed by atoms with van der Waals surface area (Å²) in [6.07, 6.45) is 3.23. The molecule has 45 heavy (non-hydrogen) atoms. The molecule has 1 saturated heterocycles. The van der Waals surface area contributed by atoms with E-state index < -0.39 is 17.5 Å². The SMILES string of the molecule is CCC1(C(=O)O)CCN(c2ccc(-n3nc(-c4cccc5nn(C[C@H](O)c6ccccc6)cc45)c(C(C)C)c3C)c(C)n2)CC1. The van der Waals surface area contributed by atoms with Gasteiger partial charge in [0.25, 0.3) is 0 Å². The van der Waals surface area contributed by atoms with Crippen molar-refractivity contribution in [2.24, 2.45) is 5.41 Å². The lowest BCUT2D eigenvalue weighted by Gasteiger charge is -2.39. The first-order valence-corrected chi connectivity index (χ1v) is 15.9. The predicted octanol–water partition coefficient (Wildman–Crippen LogP) is 6.84. The van der Waals surface area contributed by atoms with Crippen molar-refractivity contribution in [3.63, 3.8) is 0 Å². The molecule has 9 nitrogen and oxygen atoms in total. The minimum Gasteiger partial charge on any atom is -0.481 e. The molecule has 2 N–H and O–H groups in total. The van der Waals surface area contributed by atoms with E-state index in [4.69, 9.17) is 15.2 Å². The molecule has 0 radical (unpaired) electrons. The summed E-state index contributed by atoms with van der Waals surface area (Å²) in [5.41, 5.74) is 7.02. The maximum absolute atomic E-state index is 11.9. The highest BCUT2D eigenvalue weighted by Gasteiger charge is 2.40. The van der Waals surface area contributed by atoms with Gasteiger partial charge in [0.2, 0.25) is 0 Å². The highest BCUT2D eigenvalue weighted by molar-refractivity contribution is 5.94. The molecule has 0 bridgehead atoms. The van der Waals surface area contributed by atoms with Crippen LogP contribution < -0.4 is 4.90 Å². The van der Waals surface area contributed by atoms with Crippen molar-refractivity contribution in [1.29, 1.82) is 0 Å². The maximum atomic E-state index is 11.9. The fourth-order valence-electron chi connectivity index (χ4n) is 6.81. The zero-order chi connectivity index (χ0) is 31.9. The third-order valence-corrected chi connectivity index (χ3v) is 9.58. The maximum Gasteiger partial charge on any atom is 0.309 e. The monoisotopic (exact) mass is 606 g/mol. The van der Waals surface area contributed by atoms with Gasteiger partial charge in [-0.1, -0.05) is 63.2 Å². The number of benzene rings is 2. The molecule has 9 heteroatoms. The summed E-state index contributed by atoms with van der Waals surface area (Å²) in [6, 6.07) is 19.9. The Bertz CT molecular complexity index is 1830. The Morgan fingerprint density at radius 3 is 2.36 bits per heavy atom. The molecule has 1 fully saturated rings. The third kappa shape index (κ3) is 5.61. The first-order chi connectivity index (χ1) is 21.6. The molecule has 5 aromatic rings. The van der Waals surface area contributed by atoms with Crippen LogP contribution in [0.25, 0.3) is 27.8 Å². The number of aromatic nitrogens is 5. The van der Waals surface area contributed by atoms with Gasteiger partial charge < -0.3 is 15.1 Å². The van der Waals surface area contributed by atoms with Crippen LogP contribution in [-0.4, -0.2) is 53.8 Å². The molecule has 1 aliphatic heterocycles. The van der Waals surface area contributed by atoms with Crippen molar-refractivity contribution < 1.29 is 15.0 Å². The van der Waals surface area contributed by atoms with Gasteiger partial charge in [0.15, 0.2) is 0 Å². The minimum atomic E-state index is -0.692. The van der Waals surface area contributed by atoms with Crippen molar-refractivity contribution in [2.75, 3.05) is 18.0 Å². The highest BCUT2D eigenvalue weighted by Crippen LogP contribution is 2.38. The number of aliphatic hydroxyl groups is 1. The van der Waals surface area contributed by atoms with Crippen molar-refractivity contribution in [3.05, 3.63) is 89.4 Å². The van der Waals surface area contributed by atoms with Crippen molar-refractivity contribution in [1.82, 2.24) is 24.5 Å². The van der Waals surface area contributed by atoms with Crippen molar-refractivity contribution in [2.45, 2.75) is 72.4 Å². The van der Waals surface area contributed by atoms with Gasteiger partial charge in [-0.2, -0.15) is 10.2 Å². The number of anilines is 1. The van der Waals surface area contributed by atoms with Crippen molar-refractivity contribution in [3.8, 4) is 16.9 Å². The molecule has 6 rings (SSSR count). The van der Waals surface area contributed by atoms with Crippen LogP contribution in [0.3, 0.4) is 0 Å². The zero-order valence-corrected chi connectivity index (χ0v) is 26.7. The van der Waals surface area contributed by atoms with Crippen LogP contribution in [0.5, 0.6) is 0 Å². The molecule has 0 amide bonds. The van der Waals surface area contributed by atoms with E-state index in [1.54, 1.807) is 0 Å². The average molecular weight is 607 g/mol. The lowest BCUT2D eigenvalue weighted by atomic mass is 9.76. The van der Waals surface area contributed by atoms with Crippen LogP contribution >= 0.6 is 0 Å². The topological polar surface area (TPSA) is 109 Å². The van der Waals surface area contributed by atoms with Gasteiger partial charge in [0, 0.05) is 41.5 Å². The fourth-order valence-corrected chi connectivity index (χ4v) is 6.81. The van der Waals surface area contributed by atoms with E-state index in [0.29, 0.717) is 38.9 Å². The van der Waals surface area contributed by atoms with Gasteiger partial charge in [-0.25, -0.2) is 9.67 Å². The summed E-state index contributed by atoms with van der Waals surface area (Å²) in [5, 5.41) is 31.6. The van der Waals surface area contributed by atoms with Crippen LogP contribution in [0.1, 0.15) is 74.6 Å². The number of aliphatic hydroxyl groups excluding tert-OH is 1. The number of rotatable bonds is 9. The number of piperidine rings is 1. The van der Waals surface area contributed by atoms with Gasteiger partial charge in [0.05, 0.1) is 40.7 Å². The second-order valence-corrected chi connectivity index (χ2v) is 12.6. The number of carbonyl (C=O) groups is 1. The van der Waals surface area contributed by atoms with Gasteiger partial charge >= 0.3 is 5.97 Å². The Labute approximate surface area is 264 Å². The van der Waals surface area contributed by atoms with E-state index in [9.17, 15) is 15.0 Å². The van der Waals surface area contributed by atoms with E-state index in [2.05, 4.69) is 37.8 Å². The number of hydrogen-bond donors (Lipinski definition) is 2.